The number of fused-ring (bicyclic) bond motifs is 1. The lowest BCUT2D eigenvalue weighted by Crippen LogP contribution is -2.30. The van der Waals surface area contributed by atoms with Gasteiger partial charge in [0.2, 0.25) is 6.79 Å². The second kappa shape index (κ2) is 7.11. The van der Waals surface area contributed by atoms with Crippen LogP contribution in [0.4, 0.5) is 0 Å². The summed E-state index contributed by atoms with van der Waals surface area (Å²) in [6.45, 7) is 0.0407. The molecule has 1 heterocycles. The molecule has 0 spiro atoms. The Balaban J connectivity index is 1.49. The van der Waals surface area contributed by atoms with Crippen molar-refractivity contribution in [3.8, 4) is 17.2 Å². The third kappa shape index (κ3) is 3.85. The minimum absolute atomic E-state index is 0.0407. The van der Waals surface area contributed by atoms with E-state index in [1.165, 1.54) is 18.2 Å². The summed E-state index contributed by atoms with van der Waals surface area (Å²) in [5.74, 6) is 0.647. The number of hydrogen-bond donors (Lipinski definition) is 1. The topological polar surface area (TPSA) is 90.9 Å². The Kier molecular flexibility index (Phi) is 4.65. The Morgan fingerprint density at radius 2 is 1.81 bits per heavy atom. The van der Waals surface area contributed by atoms with E-state index in [4.69, 9.17) is 14.2 Å². The van der Waals surface area contributed by atoms with Gasteiger partial charge in [-0.1, -0.05) is 6.07 Å². The first-order valence-electron chi connectivity index (χ1n) is 8.75. The van der Waals surface area contributed by atoms with Gasteiger partial charge in [-0.15, -0.1) is 0 Å². The number of nitrogens with one attached hydrogen (secondary N) is 1. The van der Waals surface area contributed by atoms with Gasteiger partial charge in [0.15, 0.2) is 11.5 Å². The summed E-state index contributed by atoms with van der Waals surface area (Å²) in [6, 6.07) is 10.7. The molecule has 1 aliphatic heterocycles. The third-order valence-corrected chi connectivity index (χ3v) is 5.91. The van der Waals surface area contributed by atoms with Gasteiger partial charge < -0.3 is 14.2 Å². The highest BCUT2D eigenvalue weighted by Crippen LogP contribution is 2.33. The molecule has 0 atom stereocenters. The molecule has 2 aromatic rings. The standard InChI is InChI=1S/C19H19NO6S/c21-19(13-4-3-7-15(10-13)26-14-5-1-2-6-14)20-27(22,23)16-8-9-17-18(11-16)25-12-24-17/h3-4,7-11,14H,1-2,5-6,12H2,(H,20,21). The fraction of sp³-hybridized carbons (Fsp3) is 0.316. The first kappa shape index (κ1) is 17.7. The number of rotatable bonds is 5. The second-order valence-electron chi connectivity index (χ2n) is 6.50. The molecule has 0 radical (unpaired) electrons. The van der Waals surface area contributed by atoms with Crippen LogP contribution in [0.15, 0.2) is 47.4 Å². The smallest absolute Gasteiger partial charge is 0.265 e. The summed E-state index contributed by atoms with van der Waals surface area (Å²) in [6.07, 6.45) is 4.42. The lowest BCUT2D eigenvalue weighted by Gasteiger charge is -2.14. The van der Waals surface area contributed by atoms with Gasteiger partial charge >= 0.3 is 0 Å². The van der Waals surface area contributed by atoms with Crippen molar-refractivity contribution in [1.82, 2.24) is 4.72 Å². The van der Waals surface area contributed by atoms with Crippen molar-refractivity contribution >= 4 is 15.9 Å². The molecule has 1 fully saturated rings. The van der Waals surface area contributed by atoms with Crippen LogP contribution in [0, 0.1) is 0 Å². The monoisotopic (exact) mass is 389 g/mol. The van der Waals surface area contributed by atoms with Crippen LogP contribution in [-0.4, -0.2) is 27.2 Å². The molecule has 1 saturated carbocycles. The Morgan fingerprint density at radius 1 is 1.04 bits per heavy atom. The maximum absolute atomic E-state index is 12.5. The lowest BCUT2D eigenvalue weighted by molar-refractivity contribution is 0.0980. The lowest BCUT2D eigenvalue weighted by atomic mass is 10.2. The fourth-order valence-corrected chi connectivity index (χ4v) is 4.18. The number of carbonyl (C=O) groups excluding carboxylic acids is 1. The van der Waals surface area contributed by atoms with Crippen molar-refractivity contribution in [2.75, 3.05) is 6.79 Å². The van der Waals surface area contributed by atoms with Gasteiger partial charge in [0.25, 0.3) is 15.9 Å². The van der Waals surface area contributed by atoms with E-state index in [1.807, 2.05) is 0 Å². The van der Waals surface area contributed by atoms with Crippen molar-refractivity contribution in [1.29, 1.82) is 0 Å². The number of amides is 1. The molecule has 7 nitrogen and oxygen atoms in total. The molecule has 1 amide bonds. The summed E-state index contributed by atoms with van der Waals surface area (Å²) in [5, 5.41) is 0. The van der Waals surface area contributed by atoms with Crippen LogP contribution in [0.3, 0.4) is 0 Å². The fourth-order valence-electron chi connectivity index (χ4n) is 3.19. The van der Waals surface area contributed by atoms with E-state index in [0.29, 0.717) is 17.2 Å². The van der Waals surface area contributed by atoms with Gasteiger partial charge in [-0.05, 0) is 56.0 Å². The predicted octanol–water partition coefficient (Wildman–Crippen LogP) is 2.86. The number of benzene rings is 2. The first-order valence-corrected chi connectivity index (χ1v) is 10.2. The maximum Gasteiger partial charge on any atom is 0.265 e. The van der Waals surface area contributed by atoms with Crippen LogP contribution in [0.25, 0.3) is 0 Å². The molecular formula is C19H19NO6S. The summed E-state index contributed by atoms with van der Waals surface area (Å²) in [7, 11) is -4.04. The summed E-state index contributed by atoms with van der Waals surface area (Å²) in [5.41, 5.74) is 0.217. The van der Waals surface area contributed by atoms with Crippen LogP contribution in [0.2, 0.25) is 0 Å². The molecule has 8 heteroatoms. The van der Waals surface area contributed by atoms with E-state index in [9.17, 15) is 13.2 Å². The molecule has 0 saturated heterocycles. The Labute approximate surface area is 157 Å². The van der Waals surface area contributed by atoms with Crippen LogP contribution in [0.5, 0.6) is 17.2 Å². The Morgan fingerprint density at radius 3 is 2.63 bits per heavy atom. The first-order chi connectivity index (χ1) is 13.0. The zero-order valence-corrected chi connectivity index (χ0v) is 15.3. The molecule has 4 rings (SSSR count). The van der Waals surface area contributed by atoms with Crippen LogP contribution in [0.1, 0.15) is 36.0 Å². The van der Waals surface area contributed by atoms with Crippen molar-refractivity contribution in [3.05, 3.63) is 48.0 Å². The quantitative estimate of drug-likeness (QED) is 0.846. The number of hydrogen-bond acceptors (Lipinski definition) is 6. The van der Waals surface area contributed by atoms with E-state index in [1.54, 1.807) is 24.3 Å². The maximum atomic E-state index is 12.5. The minimum Gasteiger partial charge on any atom is -0.490 e. The second-order valence-corrected chi connectivity index (χ2v) is 8.18. The average molecular weight is 389 g/mol. The zero-order chi connectivity index (χ0) is 18.9. The summed E-state index contributed by atoms with van der Waals surface area (Å²) in [4.78, 5) is 12.4. The SMILES string of the molecule is O=C(NS(=O)(=O)c1ccc2c(c1)OCO2)c1cccc(OC2CCCC2)c1. The van der Waals surface area contributed by atoms with E-state index < -0.39 is 15.9 Å². The zero-order valence-electron chi connectivity index (χ0n) is 14.5. The van der Waals surface area contributed by atoms with E-state index in [-0.39, 0.29) is 23.4 Å². The molecule has 2 aliphatic rings. The van der Waals surface area contributed by atoms with E-state index >= 15 is 0 Å². The number of ether oxygens (including phenoxy) is 3. The van der Waals surface area contributed by atoms with Crippen LogP contribution < -0.4 is 18.9 Å². The minimum atomic E-state index is -4.04. The number of sulfonamides is 1. The summed E-state index contributed by atoms with van der Waals surface area (Å²) < 4.78 is 43.3. The Hall–Kier alpha value is -2.74. The molecule has 142 valence electrons. The summed E-state index contributed by atoms with van der Waals surface area (Å²) >= 11 is 0. The highest BCUT2D eigenvalue weighted by atomic mass is 32.2. The van der Waals surface area contributed by atoms with E-state index in [2.05, 4.69) is 4.72 Å². The van der Waals surface area contributed by atoms with E-state index in [0.717, 1.165) is 25.7 Å². The molecule has 0 bridgehead atoms. The predicted molar refractivity (Wildman–Crippen MR) is 96.5 cm³/mol. The third-order valence-electron chi connectivity index (χ3n) is 4.58. The Bertz CT molecular complexity index is 966. The van der Waals surface area contributed by atoms with Gasteiger partial charge in [0.05, 0.1) is 11.0 Å². The van der Waals surface area contributed by atoms with Crippen LogP contribution in [-0.2, 0) is 10.0 Å². The normalized spacial score (nSPS) is 16.3. The average Bonchev–Trinajstić information content (AvgIpc) is 3.32. The largest absolute Gasteiger partial charge is 0.490 e. The van der Waals surface area contributed by atoms with Crippen molar-refractivity contribution in [2.24, 2.45) is 0 Å². The molecule has 0 aromatic heterocycles. The molecule has 1 N–H and O–H groups in total. The molecule has 0 unspecified atom stereocenters. The van der Waals surface area contributed by atoms with Gasteiger partial charge in [-0.25, -0.2) is 13.1 Å². The molecular weight excluding hydrogens is 370 g/mol. The van der Waals surface area contributed by atoms with Gasteiger partial charge in [0.1, 0.15) is 5.75 Å². The highest BCUT2D eigenvalue weighted by molar-refractivity contribution is 7.90. The molecule has 1 aliphatic carbocycles. The van der Waals surface area contributed by atoms with Gasteiger partial charge in [0, 0.05) is 11.6 Å². The van der Waals surface area contributed by atoms with Gasteiger partial charge in [-0.2, -0.15) is 0 Å². The van der Waals surface area contributed by atoms with Gasteiger partial charge in [-0.3, -0.25) is 4.79 Å². The van der Waals surface area contributed by atoms with Crippen molar-refractivity contribution in [2.45, 2.75) is 36.7 Å². The van der Waals surface area contributed by atoms with Crippen molar-refractivity contribution < 1.29 is 27.4 Å². The molecule has 27 heavy (non-hydrogen) atoms. The highest BCUT2D eigenvalue weighted by Gasteiger charge is 2.23. The van der Waals surface area contributed by atoms with Crippen LogP contribution >= 0.6 is 0 Å². The number of carbonyl (C=O) groups is 1. The van der Waals surface area contributed by atoms with Crippen molar-refractivity contribution in [3.63, 3.8) is 0 Å². The molecule has 2 aromatic carbocycles.